The zero-order chi connectivity index (χ0) is 11.9. The fraction of sp³-hybridized carbons (Fsp3) is 0.200. The highest BCUT2D eigenvalue weighted by molar-refractivity contribution is 9.12. The molecule has 2 aromatic rings. The van der Waals surface area contributed by atoms with Crippen molar-refractivity contribution in [3.63, 3.8) is 0 Å². The van der Waals surface area contributed by atoms with E-state index in [9.17, 15) is 5.11 Å². The van der Waals surface area contributed by atoms with Gasteiger partial charge >= 0.3 is 0 Å². The molecule has 0 saturated carbocycles. The van der Waals surface area contributed by atoms with E-state index in [2.05, 4.69) is 31.9 Å². The van der Waals surface area contributed by atoms with Crippen LogP contribution in [0.5, 0.6) is 0 Å². The normalized spacial score (nSPS) is 13.1. The van der Waals surface area contributed by atoms with Crippen molar-refractivity contribution in [2.45, 2.75) is 13.0 Å². The van der Waals surface area contributed by atoms with Crippen LogP contribution < -0.4 is 0 Å². The molecule has 0 fully saturated rings. The van der Waals surface area contributed by atoms with Gasteiger partial charge in [0.2, 0.25) is 0 Å². The average molecular weight is 403 g/mol. The molecule has 1 unspecified atom stereocenters. The van der Waals surface area contributed by atoms with Gasteiger partial charge in [-0.1, -0.05) is 11.6 Å². The molecular weight excluding hydrogens is 396 g/mol. The van der Waals surface area contributed by atoms with Crippen molar-refractivity contribution in [3.8, 4) is 0 Å². The second-order valence-corrected chi connectivity index (χ2v) is 8.32. The predicted molar refractivity (Wildman–Crippen MR) is 77.8 cm³/mol. The number of aliphatic hydroxyl groups is 1. The minimum atomic E-state index is -0.664. The number of hydrogen-bond acceptors (Lipinski definition) is 3. The summed E-state index contributed by atoms with van der Waals surface area (Å²) in [5.74, 6) is 0. The number of rotatable bonds is 2. The second kappa shape index (κ2) is 5.08. The molecule has 0 saturated heterocycles. The van der Waals surface area contributed by atoms with Gasteiger partial charge in [-0.15, -0.1) is 22.7 Å². The standard InChI is InChI=1S/C10H7Br2ClOS2/c1-4-3-15-9(7(4)13)8(14)5-2-6(11)16-10(5)12/h2-3,8,14H,1H3. The lowest BCUT2D eigenvalue weighted by Crippen LogP contribution is -1.96. The Kier molecular flexibility index (Phi) is 4.14. The van der Waals surface area contributed by atoms with Gasteiger partial charge in [0.15, 0.2) is 0 Å². The van der Waals surface area contributed by atoms with E-state index >= 15 is 0 Å². The van der Waals surface area contributed by atoms with Crippen LogP contribution in [-0.2, 0) is 0 Å². The molecule has 0 amide bonds. The smallest absolute Gasteiger partial charge is 0.117 e. The molecule has 2 heterocycles. The summed E-state index contributed by atoms with van der Waals surface area (Å²) in [7, 11) is 0. The van der Waals surface area contributed by atoms with Crippen LogP contribution in [0.15, 0.2) is 19.0 Å². The first-order chi connectivity index (χ1) is 7.50. The van der Waals surface area contributed by atoms with E-state index in [1.165, 1.54) is 22.7 Å². The lowest BCUT2D eigenvalue weighted by molar-refractivity contribution is 0.224. The fourth-order valence-electron chi connectivity index (χ4n) is 1.31. The van der Waals surface area contributed by atoms with E-state index < -0.39 is 6.10 Å². The first-order valence-corrected chi connectivity index (χ1v) is 8.03. The molecule has 6 heteroatoms. The van der Waals surface area contributed by atoms with Gasteiger partial charge in [-0.05, 0) is 55.8 Å². The molecule has 1 atom stereocenters. The molecule has 0 aliphatic heterocycles. The van der Waals surface area contributed by atoms with Crippen LogP contribution in [0.2, 0.25) is 5.02 Å². The Labute approximate surface area is 123 Å². The summed E-state index contributed by atoms with van der Waals surface area (Å²) in [4.78, 5) is 0.796. The van der Waals surface area contributed by atoms with Crippen LogP contribution in [0.3, 0.4) is 0 Å². The van der Waals surface area contributed by atoms with Crippen LogP contribution in [-0.4, -0.2) is 5.11 Å². The third kappa shape index (κ3) is 2.40. The fourth-order valence-corrected chi connectivity index (χ4v) is 5.50. The molecule has 0 aliphatic carbocycles. The van der Waals surface area contributed by atoms with E-state index in [1.807, 2.05) is 18.4 Å². The lowest BCUT2D eigenvalue weighted by atomic mass is 10.1. The largest absolute Gasteiger partial charge is 0.383 e. The number of thiophene rings is 2. The molecule has 16 heavy (non-hydrogen) atoms. The average Bonchev–Trinajstić information content (AvgIpc) is 2.71. The van der Waals surface area contributed by atoms with Crippen LogP contribution >= 0.6 is 66.1 Å². The minimum absolute atomic E-state index is 0.659. The minimum Gasteiger partial charge on any atom is -0.383 e. The maximum atomic E-state index is 10.3. The predicted octanol–water partition coefficient (Wildman–Crippen LogP) is 5.38. The first kappa shape index (κ1) is 13.1. The zero-order valence-electron chi connectivity index (χ0n) is 8.13. The zero-order valence-corrected chi connectivity index (χ0v) is 13.7. The maximum Gasteiger partial charge on any atom is 0.117 e. The van der Waals surface area contributed by atoms with Crippen molar-refractivity contribution >= 4 is 66.1 Å². The van der Waals surface area contributed by atoms with Gasteiger partial charge in [0.05, 0.1) is 17.5 Å². The van der Waals surface area contributed by atoms with Gasteiger partial charge in [0.25, 0.3) is 0 Å². The van der Waals surface area contributed by atoms with Crippen molar-refractivity contribution in [2.24, 2.45) is 0 Å². The molecule has 1 nitrogen and oxygen atoms in total. The van der Waals surface area contributed by atoms with E-state index in [1.54, 1.807) is 0 Å². The highest BCUT2D eigenvalue weighted by Gasteiger charge is 2.21. The molecular formula is C10H7Br2ClOS2. The Balaban J connectivity index is 2.42. The molecule has 2 aromatic heterocycles. The van der Waals surface area contributed by atoms with Gasteiger partial charge in [0.1, 0.15) is 6.10 Å². The summed E-state index contributed by atoms with van der Waals surface area (Å²) < 4.78 is 1.91. The Hall–Kier alpha value is 0.610. The molecule has 0 radical (unpaired) electrons. The summed E-state index contributed by atoms with van der Waals surface area (Å²) in [6.07, 6.45) is -0.664. The summed E-state index contributed by atoms with van der Waals surface area (Å²) in [5.41, 5.74) is 1.85. The summed E-state index contributed by atoms with van der Waals surface area (Å²) >= 11 is 16.0. The molecule has 2 rings (SSSR count). The SMILES string of the molecule is Cc1csc(C(O)c2cc(Br)sc2Br)c1Cl. The van der Waals surface area contributed by atoms with Crippen molar-refractivity contribution < 1.29 is 5.11 Å². The van der Waals surface area contributed by atoms with E-state index in [0.717, 1.165) is 23.6 Å². The highest BCUT2D eigenvalue weighted by atomic mass is 79.9. The Morgan fingerprint density at radius 3 is 2.56 bits per heavy atom. The van der Waals surface area contributed by atoms with Gasteiger partial charge in [-0.3, -0.25) is 0 Å². The summed E-state index contributed by atoms with van der Waals surface area (Å²) in [6.45, 7) is 1.94. The Morgan fingerprint density at radius 1 is 1.44 bits per heavy atom. The van der Waals surface area contributed by atoms with Gasteiger partial charge in [-0.25, -0.2) is 0 Å². The quantitative estimate of drug-likeness (QED) is 0.715. The monoisotopic (exact) mass is 400 g/mol. The Morgan fingerprint density at radius 2 is 2.12 bits per heavy atom. The van der Waals surface area contributed by atoms with Crippen molar-refractivity contribution in [2.75, 3.05) is 0 Å². The number of aliphatic hydroxyl groups excluding tert-OH is 1. The number of hydrogen-bond donors (Lipinski definition) is 1. The highest BCUT2D eigenvalue weighted by Crippen LogP contribution is 2.42. The van der Waals surface area contributed by atoms with E-state index in [4.69, 9.17) is 11.6 Å². The number of aryl methyl sites for hydroxylation is 1. The third-order valence-corrected chi connectivity index (χ3v) is 6.30. The van der Waals surface area contributed by atoms with Crippen LogP contribution in [0.4, 0.5) is 0 Å². The third-order valence-electron chi connectivity index (χ3n) is 2.15. The topological polar surface area (TPSA) is 20.2 Å². The maximum absolute atomic E-state index is 10.3. The molecule has 86 valence electrons. The number of halogens is 3. The van der Waals surface area contributed by atoms with Crippen LogP contribution in [0.1, 0.15) is 22.1 Å². The van der Waals surface area contributed by atoms with E-state index in [0.29, 0.717) is 5.02 Å². The molecule has 0 spiro atoms. The van der Waals surface area contributed by atoms with Gasteiger partial charge < -0.3 is 5.11 Å². The van der Waals surface area contributed by atoms with Crippen LogP contribution in [0.25, 0.3) is 0 Å². The van der Waals surface area contributed by atoms with Crippen molar-refractivity contribution in [3.05, 3.63) is 40.0 Å². The van der Waals surface area contributed by atoms with Crippen LogP contribution in [0, 0.1) is 6.92 Å². The molecule has 0 bridgehead atoms. The van der Waals surface area contributed by atoms with Crippen molar-refractivity contribution in [1.82, 2.24) is 0 Å². The van der Waals surface area contributed by atoms with Gasteiger partial charge in [0, 0.05) is 5.56 Å². The van der Waals surface area contributed by atoms with Crippen molar-refractivity contribution in [1.29, 1.82) is 0 Å². The van der Waals surface area contributed by atoms with E-state index in [-0.39, 0.29) is 0 Å². The Bertz CT molecular complexity index is 519. The molecule has 1 N–H and O–H groups in total. The lowest BCUT2D eigenvalue weighted by Gasteiger charge is -2.08. The van der Waals surface area contributed by atoms with Gasteiger partial charge in [-0.2, -0.15) is 0 Å². The molecule has 0 aromatic carbocycles. The second-order valence-electron chi connectivity index (χ2n) is 3.28. The summed E-state index contributed by atoms with van der Waals surface area (Å²) in [5, 5.41) is 12.9. The first-order valence-electron chi connectivity index (χ1n) is 4.37. The molecule has 0 aliphatic rings. The summed E-state index contributed by atoms with van der Waals surface area (Å²) in [6, 6.07) is 1.91.